The first kappa shape index (κ1) is 13.9. The van der Waals surface area contributed by atoms with Crippen LogP contribution in [0.25, 0.3) is 0 Å². The number of hydrogen-bond donors (Lipinski definition) is 1. The molecule has 0 spiro atoms. The van der Waals surface area contributed by atoms with Crippen LogP contribution >= 0.6 is 15.9 Å². The molecule has 2 rings (SSSR count). The van der Waals surface area contributed by atoms with Crippen LogP contribution in [0.5, 0.6) is 0 Å². The molecule has 0 aliphatic carbocycles. The molecular formula is C14H17BrN2. The van der Waals surface area contributed by atoms with Crippen molar-refractivity contribution in [2.75, 3.05) is 0 Å². The van der Waals surface area contributed by atoms with E-state index in [1.54, 1.807) is 0 Å². The quantitative estimate of drug-likeness (QED) is 0.902. The molecule has 90 valence electrons. The smallest absolute Gasteiger partial charge is 0.0270 e. The summed E-state index contributed by atoms with van der Waals surface area (Å²) >= 11 is 3.52. The Kier molecular flexibility index (Phi) is 5.32. The first-order valence-corrected chi connectivity index (χ1v) is 6.26. The second kappa shape index (κ2) is 6.52. The highest BCUT2D eigenvalue weighted by Crippen LogP contribution is 2.28. The number of benzene rings is 1. The van der Waals surface area contributed by atoms with Crippen LogP contribution < -0.4 is 6.15 Å². The highest BCUT2D eigenvalue weighted by Gasteiger charge is 2.11. The van der Waals surface area contributed by atoms with Crippen LogP contribution in [-0.4, -0.2) is 4.98 Å². The molecule has 0 saturated heterocycles. The van der Waals surface area contributed by atoms with Gasteiger partial charge in [-0.2, -0.15) is 0 Å². The lowest BCUT2D eigenvalue weighted by Gasteiger charge is -2.15. The van der Waals surface area contributed by atoms with Crippen LogP contribution in [0.15, 0.2) is 53.3 Å². The van der Waals surface area contributed by atoms with Gasteiger partial charge in [-0.3, -0.25) is 4.98 Å². The first-order chi connectivity index (χ1) is 7.81. The third-order valence-corrected chi connectivity index (χ3v) is 3.26. The summed E-state index contributed by atoms with van der Waals surface area (Å²) in [5.41, 5.74) is 2.68. The van der Waals surface area contributed by atoms with Gasteiger partial charge in [0.25, 0.3) is 0 Å². The molecular weight excluding hydrogens is 276 g/mol. The van der Waals surface area contributed by atoms with E-state index >= 15 is 0 Å². The zero-order valence-electron chi connectivity index (χ0n) is 9.94. The van der Waals surface area contributed by atoms with Crippen molar-refractivity contribution in [3.8, 4) is 0 Å². The Morgan fingerprint density at radius 2 is 1.82 bits per heavy atom. The molecule has 0 aliphatic heterocycles. The van der Waals surface area contributed by atoms with E-state index in [4.69, 9.17) is 0 Å². The van der Waals surface area contributed by atoms with Crippen LogP contribution in [-0.2, 0) is 0 Å². The minimum atomic E-state index is 0. The number of hydrogen-bond acceptors (Lipinski definition) is 2. The zero-order valence-corrected chi connectivity index (χ0v) is 11.5. The summed E-state index contributed by atoms with van der Waals surface area (Å²) in [6.45, 7) is 2.21. The maximum absolute atomic E-state index is 4.06. The SMILES string of the molecule is CCC(c1ccncc1)c1cccc(Br)c1.N. The van der Waals surface area contributed by atoms with Crippen molar-refractivity contribution in [3.63, 3.8) is 0 Å². The summed E-state index contributed by atoms with van der Waals surface area (Å²) in [6, 6.07) is 12.7. The average molecular weight is 293 g/mol. The number of nitrogens with zero attached hydrogens (tertiary/aromatic N) is 1. The summed E-state index contributed by atoms with van der Waals surface area (Å²) in [6.07, 6.45) is 4.81. The molecule has 2 aromatic rings. The maximum Gasteiger partial charge on any atom is 0.0270 e. The van der Waals surface area contributed by atoms with E-state index in [1.807, 2.05) is 12.4 Å². The molecule has 1 unspecified atom stereocenters. The molecule has 1 aromatic carbocycles. The van der Waals surface area contributed by atoms with Gasteiger partial charge in [0.15, 0.2) is 0 Å². The Labute approximate surface area is 111 Å². The van der Waals surface area contributed by atoms with E-state index in [2.05, 4.69) is 64.2 Å². The Morgan fingerprint density at radius 3 is 2.41 bits per heavy atom. The van der Waals surface area contributed by atoms with Gasteiger partial charge in [0, 0.05) is 22.8 Å². The normalized spacial score (nSPS) is 11.6. The van der Waals surface area contributed by atoms with E-state index in [-0.39, 0.29) is 6.15 Å². The molecule has 3 N–H and O–H groups in total. The molecule has 1 atom stereocenters. The van der Waals surface area contributed by atoms with Gasteiger partial charge >= 0.3 is 0 Å². The van der Waals surface area contributed by atoms with Gasteiger partial charge in [-0.05, 0) is 41.8 Å². The number of pyridine rings is 1. The molecule has 1 heterocycles. The Bertz CT molecular complexity index is 457. The fourth-order valence-electron chi connectivity index (χ4n) is 1.98. The summed E-state index contributed by atoms with van der Waals surface area (Å²) in [5, 5.41) is 0. The lowest BCUT2D eigenvalue weighted by atomic mass is 9.90. The van der Waals surface area contributed by atoms with Crippen molar-refractivity contribution in [2.24, 2.45) is 0 Å². The maximum atomic E-state index is 4.06. The van der Waals surface area contributed by atoms with Gasteiger partial charge in [-0.15, -0.1) is 0 Å². The summed E-state index contributed by atoms with van der Waals surface area (Å²) in [5.74, 6) is 0.459. The molecule has 17 heavy (non-hydrogen) atoms. The molecule has 3 heteroatoms. The van der Waals surface area contributed by atoms with Gasteiger partial charge < -0.3 is 6.15 Å². The highest BCUT2D eigenvalue weighted by molar-refractivity contribution is 9.10. The van der Waals surface area contributed by atoms with Gasteiger partial charge in [0.2, 0.25) is 0 Å². The van der Waals surface area contributed by atoms with Crippen molar-refractivity contribution in [3.05, 3.63) is 64.4 Å². The number of halogens is 1. The summed E-state index contributed by atoms with van der Waals surface area (Å²) in [4.78, 5) is 4.06. The predicted molar refractivity (Wildman–Crippen MR) is 75.5 cm³/mol. The van der Waals surface area contributed by atoms with Gasteiger partial charge in [0.1, 0.15) is 0 Å². The predicted octanol–water partition coefficient (Wildman–Crippen LogP) is 4.55. The first-order valence-electron chi connectivity index (χ1n) is 5.46. The molecule has 0 fully saturated rings. The van der Waals surface area contributed by atoms with E-state index in [1.165, 1.54) is 11.1 Å². The summed E-state index contributed by atoms with van der Waals surface area (Å²) < 4.78 is 1.14. The standard InChI is InChI=1S/C14H14BrN.H3N/c1-2-14(11-6-8-16-9-7-11)12-4-3-5-13(15)10-12;/h3-10,14H,2H2,1H3;1H3. The van der Waals surface area contributed by atoms with E-state index in [9.17, 15) is 0 Å². The largest absolute Gasteiger partial charge is 0.344 e. The third kappa shape index (κ3) is 3.38. The Morgan fingerprint density at radius 1 is 1.12 bits per heavy atom. The van der Waals surface area contributed by atoms with Crippen LogP contribution in [0.1, 0.15) is 30.4 Å². The van der Waals surface area contributed by atoms with Crippen molar-refractivity contribution in [1.82, 2.24) is 11.1 Å². The lowest BCUT2D eigenvalue weighted by molar-refractivity contribution is 0.775. The van der Waals surface area contributed by atoms with Crippen molar-refractivity contribution >= 4 is 15.9 Å². The minimum Gasteiger partial charge on any atom is -0.344 e. The Hall–Kier alpha value is -1.19. The molecule has 0 bridgehead atoms. The van der Waals surface area contributed by atoms with Gasteiger partial charge in [-0.1, -0.05) is 35.0 Å². The highest BCUT2D eigenvalue weighted by atomic mass is 79.9. The molecule has 0 aliphatic rings. The zero-order chi connectivity index (χ0) is 11.4. The minimum absolute atomic E-state index is 0. The molecule has 0 radical (unpaired) electrons. The molecule has 2 nitrogen and oxygen atoms in total. The van der Waals surface area contributed by atoms with Crippen LogP contribution in [0.4, 0.5) is 0 Å². The van der Waals surface area contributed by atoms with E-state index in [0.717, 1.165) is 10.9 Å². The summed E-state index contributed by atoms with van der Waals surface area (Å²) in [7, 11) is 0. The van der Waals surface area contributed by atoms with Crippen molar-refractivity contribution in [1.29, 1.82) is 0 Å². The monoisotopic (exact) mass is 292 g/mol. The van der Waals surface area contributed by atoms with Crippen LogP contribution in [0, 0.1) is 0 Å². The fraction of sp³-hybridized carbons (Fsp3) is 0.214. The lowest BCUT2D eigenvalue weighted by Crippen LogP contribution is -1.99. The third-order valence-electron chi connectivity index (χ3n) is 2.77. The second-order valence-electron chi connectivity index (χ2n) is 3.80. The molecule has 1 aromatic heterocycles. The molecule has 0 amide bonds. The van der Waals surface area contributed by atoms with Crippen LogP contribution in [0.3, 0.4) is 0 Å². The van der Waals surface area contributed by atoms with Crippen molar-refractivity contribution in [2.45, 2.75) is 19.3 Å². The van der Waals surface area contributed by atoms with Crippen LogP contribution in [0.2, 0.25) is 0 Å². The average Bonchev–Trinajstić information content (AvgIpc) is 2.31. The number of aromatic nitrogens is 1. The topological polar surface area (TPSA) is 47.9 Å². The van der Waals surface area contributed by atoms with E-state index < -0.39 is 0 Å². The van der Waals surface area contributed by atoms with Crippen molar-refractivity contribution < 1.29 is 0 Å². The molecule has 0 saturated carbocycles. The second-order valence-corrected chi connectivity index (χ2v) is 4.71. The number of rotatable bonds is 3. The van der Waals surface area contributed by atoms with Gasteiger partial charge in [0.05, 0.1) is 0 Å². The fourth-order valence-corrected chi connectivity index (χ4v) is 2.40. The van der Waals surface area contributed by atoms with Gasteiger partial charge in [-0.25, -0.2) is 0 Å². The van der Waals surface area contributed by atoms with E-state index in [0.29, 0.717) is 5.92 Å². The Balaban J connectivity index is 0.00000144.